The Balaban J connectivity index is 1.05. The first-order valence-electron chi connectivity index (χ1n) is 15.3. The fraction of sp³-hybridized carbons (Fsp3) is 0.257. The van der Waals surface area contributed by atoms with E-state index in [9.17, 15) is 9.59 Å². The second-order valence-electron chi connectivity index (χ2n) is 11.4. The minimum Gasteiger partial charge on any atom is -0.367 e. The quantitative estimate of drug-likeness (QED) is 0.250. The van der Waals surface area contributed by atoms with Crippen LogP contribution in [0.3, 0.4) is 0 Å². The van der Waals surface area contributed by atoms with Crippen molar-refractivity contribution in [3.63, 3.8) is 0 Å². The zero-order chi connectivity index (χ0) is 30.0. The molecule has 0 aliphatic carbocycles. The molecule has 44 heavy (non-hydrogen) atoms. The van der Waals surface area contributed by atoms with Crippen LogP contribution in [0.2, 0.25) is 0 Å². The van der Waals surface area contributed by atoms with Crippen LogP contribution in [-0.4, -0.2) is 55.6 Å². The van der Waals surface area contributed by atoms with E-state index in [1.807, 2.05) is 24.3 Å². The Bertz CT molecular complexity index is 2040. The van der Waals surface area contributed by atoms with Crippen LogP contribution in [0.15, 0.2) is 94.8 Å². The number of hydrogen-bond donors (Lipinski definition) is 2. The molecule has 1 saturated heterocycles. The fourth-order valence-electron chi connectivity index (χ4n) is 6.15. The van der Waals surface area contributed by atoms with E-state index < -0.39 is 11.1 Å². The topological polar surface area (TPSA) is 103 Å². The zero-order valence-corrected chi connectivity index (χ0v) is 24.8. The predicted octanol–water partition coefficient (Wildman–Crippen LogP) is 4.76. The molecule has 0 bridgehead atoms. The molecule has 0 atom stereocenters. The van der Waals surface area contributed by atoms with Gasteiger partial charge in [-0.15, -0.1) is 0 Å². The van der Waals surface area contributed by atoms with E-state index in [-0.39, 0.29) is 0 Å². The van der Waals surface area contributed by atoms with Crippen LogP contribution >= 0.6 is 0 Å². The van der Waals surface area contributed by atoms with Gasteiger partial charge in [0.15, 0.2) is 0 Å². The van der Waals surface area contributed by atoms with Crippen molar-refractivity contribution in [2.24, 2.45) is 0 Å². The van der Waals surface area contributed by atoms with Crippen LogP contribution in [0.4, 0.5) is 5.69 Å². The monoisotopic (exact) mass is 585 g/mol. The molecule has 0 radical (unpaired) electrons. The van der Waals surface area contributed by atoms with E-state index in [0.717, 1.165) is 83.9 Å². The van der Waals surface area contributed by atoms with Crippen LogP contribution in [0.1, 0.15) is 23.6 Å². The van der Waals surface area contributed by atoms with Gasteiger partial charge in [-0.25, -0.2) is 4.98 Å². The van der Waals surface area contributed by atoms with Gasteiger partial charge in [0.05, 0.1) is 22.2 Å². The maximum Gasteiger partial charge on any atom is 0.316 e. The average molecular weight is 586 g/mol. The lowest BCUT2D eigenvalue weighted by Crippen LogP contribution is -2.46. The number of imidazole rings is 1. The van der Waals surface area contributed by atoms with Crippen molar-refractivity contribution in [3.8, 4) is 11.4 Å². The van der Waals surface area contributed by atoms with Crippen LogP contribution in [0.5, 0.6) is 0 Å². The van der Waals surface area contributed by atoms with Crippen molar-refractivity contribution in [1.82, 2.24) is 29.4 Å². The van der Waals surface area contributed by atoms with Crippen LogP contribution in [0.25, 0.3) is 33.5 Å². The van der Waals surface area contributed by atoms with E-state index in [0.29, 0.717) is 18.5 Å². The molecular formula is C35H35N7O2. The molecule has 0 amide bonds. The van der Waals surface area contributed by atoms with Gasteiger partial charge in [0.25, 0.3) is 0 Å². The lowest BCUT2D eigenvalue weighted by atomic mass is 10.1. The third-order valence-corrected chi connectivity index (χ3v) is 8.63. The maximum absolute atomic E-state index is 12.7. The van der Waals surface area contributed by atoms with Gasteiger partial charge in [-0.3, -0.25) is 19.5 Å². The number of hydrogen-bond acceptors (Lipinski definition) is 6. The van der Waals surface area contributed by atoms with Crippen LogP contribution in [0, 0.1) is 0 Å². The Morgan fingerprint density at radius 2 is 1.64 bits per heavy atom. The summed E-state index contributed by atoms with van der Waals surface area (Å²) in [5, 5.41) is 0. The number of anilines is 1. The van der Waals surface area contributed by atoms with Gasteiger partial charge in [0.1, 0.15) is 11.3 Å². The standard InChI is InChI=1S/C35H35N7O2/c1-2-24-8-11-27(12-9-24)33-37-28-6-3-7-31(32(28)39-33)41-19-17-40(18-20-41)23-26-10-13-30-29(21-26)38-34(43)35(44)42(30)16-14-25-5-4-15-36-22-25/h3-13,15,21-22H,2,14,16-20,23H2,1H3,(H,37,39)(H,38,43). The van der Waals surface area contributed by atoms with E-state index >= 15 is 0 Å². The van der Waals surface area contributed by atoms with E-state index in [1.165, 1.54) is 5.56 Å². The molecule has 7 rings (SSSR count). The molecule has 9 heteroatoms. The first-order chi connectivity index (χ1) is 21.6. The van der Waals surface area contributed by atoms with Gasteiger partial charge < -0.3 is 19.4 Å². The van der Waals surface area contributed by atoms with Crippen molar-refractivity contribution in [2.45, 2.75) is 32.9 Å². The summed E-state index contributed by atoms with van der Waals surface area (Å²) in [6, 6.07) is 24.8. The highest BCUT2D eigenvalue weighted by Gasteiger charge is 2.21. The van der Waals surface area contributed by atoms with E-state index in [2.05, 4.69) is 80.2 Å². The maximum atomic E-state index is 12.7. The van der Waals surface area contributed by atoms with Gasteiger partial charge in [0, 0.05) is 57.2 Å². The van der Waals surface area contributed by atoms with Gasteiger partial charge in [-0.05, 0) is 59.9 Å². The lowest BCUT2D eigenvalue weighted by molar-refractivity contribution is 0.250. The van der Waals surface area contributed by atoms with Crippen molar-refractivity contribution in [2.75, 3.05) is 31.1 Å². The van der Waals surface area contributed by atoms with Crippen LogP contribution in [-0.2, 0) is 25.9 Å². The van der Waals surface area contributed by atoms with Crippen LogP contribution < -0.4 is 16.0 Å². The molecule has 0 saturated carbocycles. The summed E-state index contributed by atoms with van der Waals surface area (Å²) < 4.78 is 1.57. The second-order valence-corrected chi connectivity index (χ2v) is 11.4. The molecule has 1 aliphatic heterocycles. The number of H-pyrrole nitrogens is 2. The largest absolute Gasteiger partial charge is 0.367 e. The number of rotatable bonds is 8. The summed E-state index contributed by atoms with van der Waals surface area (Å²) in [4.78, 5) is 45.6. The number of aryl methyl sites for hydroxylation is 3. The number of benzene rings is 3. The van der Waals surface area contributed by atoms with Crippen molar-refractivity contribution in [1.29, 1.82) is 0 Å². The molecule has 2 N–H and O–H groups in total. The molecular weight excluding hydrogens is 550 g/mol. The molecule has 3 aromatic carbocycles. The first-order valence-corrected chi connectivity index (χ1v) is 15.3. The molecule has 0 spiro atoms. The smallest absolute Gasteiger partial charge is 0.316 e. The van der Waals surface area contributed by atoms with Crippen molar-refractivity contribution in [3.05, 3.63) is 123 Å². The van der Waals surface area contributed by atoms with Crippen molar-refractivity contribution < 1.29 is 0 Å². The number of aromatic nitrogens is 5. The minimum atomic E-state index is -0.594. The number of nitrogens with one attached hydrogen (secondary N) is 2. The summed E-state index contributed by atoms with van der Waals surface area (Å²) in [7, 11) is 0. The highest BCUT2D eigenvalue weighted by atomic mass is 16.2. The molecule has 4 heterocycles. The Hall–Kier alpha value is -5.02. The zero-order valence-electron chi connectivity index (χ0n) is 24.8. The molecule has 6 aromatic rings. The number of piperazine rings is 1. The van der Waals surface area contributed by atoms with Gasteiger partial charge >= 0.3 is 11.1 Å². The average Bonchev–Trinajstić information content (AvgIpc) is 3.51. The highest BCUT2D eigenvalue weighted by Crippen LogP contribution is 2.29. The summed E-state index contributed by atoms with van der Waals surface area (Å²) in [5.41, 5.74) is 8.04. The Morgan fingerprint density at radius 1 is 0.818 bits per heavy atom. The molecule has 222 valence electrons. The highest BCUT2D eigenvalue weighted by molar-refractivity contribution is 5.91. The summed E-state index contributed by atoms with van der Waals surface area (Å²) in [6.45, 7) is 6.95. The summed E-state index contributed by atoms with van der Waals surface area (Å²) in [5.74, 6) is 0.894. The van der Waals surface area contributed by atoms with Crippen molar-refractivity contribution >= 4 is 27.8 Å². The lowest BCUT2D eigenvalue weighted by Gasteiger charge is -2.36. The minimum absolute atomic E-state index is 0.418. The molecule has 1 fully saturated rings. The summed E-state index contributed by atoms with van der Waals surface area (Å²) >= 11 is 0. The Morgan fingerprint density at radius 3 is 2.41 bits per heavy atom. The summed E-state index contributed by atoms with van der Waals surface area (Å²) in [6.07, 6.45) is 5.16. The number of para-hydroxylation sites is 1. The molecule has 1 aliphatic rings. The number of nitrogens with zero attached hydrogens (tertiary/aromatic N) is 5. The molecule has 0 unspecified atom stereocenters. The van der Waals surface area contributed by atoms with Gasteiger partial charge in [-0.2, -0.15) is 0 Å². The molecule has 9 nitrogen and oxygen atoms in total. The SMILES string of the molecule is CCc1ccc(-c2nc3c(N4CCN(Cc5ccc6c(c5)[nH]c(=O)c(=O)n6CCc5cccnc5)CC4)cccc3[nH]2)cc1. The normalized spacial score (nSPS) is 14.1. The number of fused-ring (bicyclic) bond motifs is 2. The van der Waals surface area contributed by atoms with E-state index in [4.69, 9.17) is 4.98 Å². The second kappa shape index (κ2) is 11.9. The van der Waals surface area contributed by atoms with Gasteiger partial charge in [-0.1, -0.05) is 49.4 Å². The Labute approximate surface area is 254 Å². The molecule has 3 aromatic heterocycles. The fourth-order valence-corrected chi connectivity index (χ4v) is 6.15. The number of aromatic amines is 2. The van der Waals surface area contributed by atoms with E-state index in [1.54, 1.807) is 17.0 Å². The number of pyridine rings is 1. The first kappa shape index (κ1) is 27.8. The third-order valence-electron chi connectivity index (χ3n) is 8.63. The Kier molecular flexibility index (Phi) is 7.54. The predicted molar refractivity (Wildman–Crippen MR) is 175 cm³/mol. The third kappa shape index (κ3) is 5.54. The van der Waals surface area contributed by atoms with Gasteiger partial charge in [0.2, 0.25) is 0 Å².